The van der Waals surface area contributed by atoms with Crippen molar-refractivity contribution in [1.82, 2.24) is 19.6 Å². The topological polar surface area (TPSA) is 161 Å². The number of carbonyl (C=O) groups excluding carboxylic acids is 1. The van der Waals surface area contributed by atoms with Crippen molar-refractivity contribution in [1.29, 1.82) is 5.26 Å². The van der Waals surface area contributed by atoms with Crippen molar-refractivity contribution in [3.63, 3.8) is 0 Å². The van der Waals surface area contributed by atoms with Crippen LogP contribution in [-0.2, 0) is 16.2 Å². The number of allylic oxidation sites excluding steroid dienone is 1. The van der Waals surface area contributed by atoms with E-state index in [9.17, 15) is 36.0 Å². The van der Waals surface area contributed by atoms with E-state index in [1.165, 1.54) is 54.5 Å². The molecule has 10 nitrogen and oxygen atoms in total. The van der Waals surface area contributed by atoms with Gasteiger partial charge >= 0.3 is 6.18 Å². The number of hydrogen-bond acceptors (Lipinski definition) is 8. The molecule has 15 heteroatoms. The van der Waals surface area contributed by atoms with Crippen molar-refractivity contribution in [3.05, 3.63) is 93.2 Å². The first-order valence-corrected chi connectivity index (χ1v) is 16.7. The van der Waals surface area contributed by atoms with E-state index in [1.807, 2.05) is 0 Å². The largest absolute Gasteiger partial charge is 0.417 e. The van der Waals surface area contributed by atoms with Crippen LogP contribution < -0.4 is 26.9 Å². The maximum Gasteiger partial charge on any atom is 0.417 e. The number of hydrazine groups is 1. The maximum absolute atomic E-state index is 13.9. The number of Topliss-reactive ketones (excluding diaryl/α,β-unsaturated/α-hetero) is 1. The van der Waals surface area contributed by atoms with Gasteiger partial charge in [-0.2, -0.15) is 22.8 Å². The molecule has 2 aliphatic rings. The molecule has 0 radical (unpaired) electrons. The zero-order valence-electron chi connectivity index (χ0n) is 26.4. The number of hydrogen-bond donors (Lipinski definition) is 4. The van der Waals surface area contributed by atoms with Gasteiger partial charge in [0.1, 0.15) is 0 Å². The number of halogens is 4. The van der Waals surface area contributed by atoms with Crippen molar-refractivity contribution in [3.8, 4) is 17.2 Å². The van der Waals surface area contributed by atoms with Gasteiger partial charge in [-0.1, -0.05) is 18.2 Å². The van der Waals surface area contributed by atoms with E-state index in [1.54, 1.807) is 6.07 Å². The van der Waals surface area contributed by atoms with E-state index in [2.05, 4.69) is 26.1 Å². The van der Waals surface area contributed by atoms with Gasteiger partial charge in [0, 0.05) is 49.1 Å². The minimum Gasteiger partial charge on any atom is -0.397 e. The second-order valence-corrected chi connectivity index (χ2v) is 13.6. The molecule has 0 saturated carbocycles. The zero-order chi connectivity index (χ0) is 35.5. The Morgan fingerprint density at radius 3 is 2.51 bits per heavy atom. The molecule has 3 aromatic rings. The lowest BCUT2D eigenvalue weighted by atomic mass is 9.94. The molecular formula is C34H33F4N7O3S. The second-order valence-electron chi connectivity index (χ2n) is 11.8. The highest BCUT2D eigenvalue weighted by atomic mass is 32.2. The Morgan fingerprint density at radius 1 is 1.18 bits per heavy atom. The fourth-order valence-electron chi connectivity index (χ4n) is 6.01. The standard InChI is InChI=1S/C34H33F4N7O3S/c1-21(46)33-32(27-17-25(35)7-10-30(27)43-33)29(40)20-45(41)19-22-11-14-44(15-12-22)16-13-42-49(47,48)26-8-5-23(6-9-26)31-24(18-39)3-2-4-28(31)34(36,37)38/h2-6,8-9,17,20,22,42-43H,11-16,19,40-41H2,1H3/b29-20-. The minimum absolute atomic E-state index is 0.0760. The first-order chi connectivity index (χ1) is 23.2. The van der Waals surface area contributed by atoms with Gasteiger partial charge in [0.05, 0.1) is 38.8 Å². The van der Waals surface area contributed by atoms with Crippen LogP contribution in [0.25, 0.3) is 28.6 Å². The van der Waals surface area contributed by atoms with E-state index < -0.39 is 27.6 Å². The highest BCUT2D eigenvalue weighted by molar-refractivity contribution is 7.89. The smallest absolute Gasteiger partial charge is 0.397 e. The van der Waals surface area contributed by atoms with Gasteiger partial charge in [-0.15, -0.1) is 0 Å². The van der Waals surface area contributed by atoms with Crippen molar-refractivity contribution >= 4 is 33.3 Å². The number of nitrogens with two attached hydrogens (primary N) is 2. The lowest BCUT2D eigenvalue weighted by Crippen LogP contribution is -2.42. The quantitative estimate of drug-likeness (QED) is 0.0783. The second kappa shape index (κ2) is 14.3. The summed E-state index contributed by atoms with van der Waals surface area (Å²) >= 11 is 0. The van der Waals surface area contributed by atoms with Crippen LogP contribution in [0.4, 0.5) is 17.6 Å². The molecule has 0 atom stereocenters. The Labute approximate surface area is 280 Å². The number of ketones is 1. The number of rotatable bonds is 11. The number of carbonyl (C=O) groups is 1. The molecule has 1 aliphatic carbocycles. The number of nitriles is 1. The number of H-pyrrole nitrogens is 1. The summed E-state index contributed by atoms with van der Waals surface area (Å²) in [5.41, 5.74) is 10.7. The Kier molecular flexibility index (Phi) is 10.3. The number of benzene rings is 2. The predicted molar refractivity (Wildman–Crippen MR) is 175 cm³/mol. The van der Waals surface area contributed by atoms with Crippen LogP contribution in [0.2, 0.25) is 0 Å². The summed E-state index contributed by atoms with van der Waals surface area (Å²) in [7, 11) is -3.95. The highest BCUT2D eigenvalue weighted by Crippen LogP contribution is 2.39. The predicted octanol–water partition coefficient (Wildman–Crippen LogP) is 3.08. The fraction of sp³-hybridized carbons (Fsp3) is 0.294. The molecule has 1 saturated heterocycles. The number of likely N-dealkylation sites (tertiary alicyclic amines) is 1. The van der Waals surface area contributed by atoms with E-state index >= 15 is 0 Å². The normalized spacial score (nSPS) is 15.5. The summed E-state index contributed by atoms with van der Waals surface area (Å²) in [6.45, 7) is 3.77. The van der Waals surface area contributed by atoms with Crippen molar-refractivity contribution < 1.29 is 30.8 Å². The van der Waals surface area contributed by atoms with Crippen LogP contribution in [0.1, 0.15) is 46.9 Å². The molecule has 256 valence electrons. The molecule has 0 amide bonds. The number of piperidine rings is 1. The molecule has 1 aromatic heterocycles. The molecule has 2 heterocycles. The number of nitrogens with zero attached hydrogens (tertiary/aromatic N) is 3. The Balaban J connectivity index is 1.14. The lowest BCUT2D eigenvalue weighted by Gasteiger charge is -2.33. The SMILES string of the molecule is CC(=O)c1[nH]c2c(c1/C(N)=C/N(N)CC1CCN(CCNS(=O)(=O)c3ccc(-c4c(C#N)cccc4C(F)(F)F)cc3)CC1)=CC(F)=C=C=2. The van der Waals surface area contributed by atoms with Crippen LogP contribution in [0.15, 0.2) is 65.1 Å². The molecule has 49 heavy (non-hydrogen) atoms. The van der Waals surface area contributed by atoms with Crippen LogP contribution in [0.5, 0.6) is 0 Å². The average Bonchev–Trinajstić information content (AvgIpc) is 3.44. The number of sulfonamides is 1. The molecule has 1 aliphatic heterocycles. The van der Waals surface area contributed by atoms with Crippen molar-refractivity contribution in [2.24, 2.45) is 17.5 Å². The molecule has 2 aromatic carbocycles. The summed E-state index contributed by atoms with van der Waals surface area (Å²) in [6.07, 6.45) is -0.401. The van der Waals surface area contributed by atoms with E-state index in [0.717, 1.165) is 25.0 Å². The molecular weight excluding hydrogens is 662 g/mol. The van der Waals surface area contributed by atoms with Gasteiger partial charge in [0.25, 0.3) is 0 Å². The number of alkyl halides is 3. The first-order valence-electron chi connectivity index (χ1n) is 15.3. The van der Waals surface area contributed by atoms with Crippen molar-refractivity contribution in [2.75, 3.05) is 32.7 Å². The van der Waals surface area contributed by atoms with Crippen LogP contribution in [0, 0.1) is 17.2 Å². The number of aromatic nitrogens is 1. The molecule has 5 rings (SSSR count). The van der Waals surface area contributed by atoms with Gasteiger partial charge in [0.2, 0.25) is 10.0 Å². The molecule has 0 bridgehead atoms. The number of fused-ring (bicyclic) bond motifs is 1. The van der Waals surface area contributed by atoms with Crippen LogP contribution in [0.3, 0.4) is 0 Å². The third kappa shape index (κ3) is 8.04. The van der Waals surface area contributed by atoms with Gasteiger partial charge in [-0.25, -0.2) is 19.0 Å². The molecule has 6 N–H and O–H groups in total. The third-order valence-corrected chi connectivity index (χ3v) is 9.88. The van der Waals surface area contributed by atoms with Gasteiger partial charge in [0.15, 0.2) is 11.6 Å². The van der Waals surface area contributed by atoms with Gasteiger partial charge < -0.3 is 20.6 Å². The van der Waals surface area contributed by atoms with E-state index in [-0.39, 0.29) is 51.2 Å². The zero-order valence-corrected chi connectivity index (χ0v) is 27.2. The van der Waals surface area contributed by atoms with Crippen LogP contribution >= 0.6 is 0 Å². The third-order valence-electron chi connectivity index (χ3n) is 8.40. The lowest BCUT2D eigenvalue weighted by molar-refractivity contribution is -0.137. The molecule has 0 spiro atoms. The van der Waals surface area contributed by atoms with Crippen LogP contribution in [-0.4, -0.2) is 61.8 Å². The fourth-order valence-corrected chi connectivity index (χ4v) is 7.03. The first kappa shape index (κ1) is 35.4. The monoisotopic (exact) mass is 695 g/mol. The number of nitrogens with one attached hydrogen (secondary N) is 2. The highest BCUT2D eigenvalue weighted by Gasteiger charge is 2.35. The molecule has 1 fully saturated rings. The van der Waals surface area contributed by atoms with E-state index in [0.29, 0.717) is 42.3 Å². The summed E-state index contributed by atoms with van der Waals surface area (Å²) < 4.78 is 83.1. The Hall–Kier alpha value is -4.93. The maximum atomic E-state index is 13.9. The Morgan fingerprint density at radius 2 is 1.88 bits per heavy atom. The summed E-state index contributed by atoms with van der Waals surface area (Å²) in [4.78, 5) is 17.1. The summed E-state index contributed by atoms with van der Waals surface area (Å²) in [6, 6.07) is 10.0. The summed E-state index contributed by atoms with van der Waals surface area (Å²) in [5, 5.41) is 11.6. The van der Waals surface area contributed by atoms with Crippen molar-refractivity contribution in [2.45, 2.75) is 30.8 Å². The minimum atomic E-state index is -4.70. The van der Waals surface area contributed by atoms with E-state index in [4.69, 9.17) is 11.6 Å². The van der Waals surface area contributed by atoms with Gasteiger partial charge in [-0.05, 0) is 79.2 Å². The number of aromatic amines is 1. The summed E-state index contributed by atoms with van der Waals surface area (Å²) in [5.74, 6) is 5.54. The molecule has 0 unspecified atom stereocenters. The van der Waals surface area contributed by atoms with Gasteiger partial charge in [-0.3, -0.25) is 4.79 Å². The average molecular weight is 696 g/mol. The Bertz CT molecular complexity index is 2150.